The van der Waals surface area contributed by atoms with E-state index >= 15 is 0 Å². The Bertz CT molecular complexity index is 465. The highest BCUT2D eigenvalue weighted by molar-refractivity contribution is 5.20. The minimum absolute atomic E-state index is 0.120. The highest BCUT2D eigenvalue weighted by Crippen LogP contribution is 2.63. The van der Waals surface area contributed by atoms with Gasteiger partial charge in [-0.05, 0) is 0 Å². The molecular formula is C10H16N3O7+3. The Kier molecular flexibility index (Phi) is 2.13. The molecule has 0 heterocycles. The van der Waals surface area contributed by atoms with Crippen molar-refractivity contribution in [3.63, 3.8) is 0 Å². The van der Waals surface area contributed by atoms with Crippen LogP contribution in [-0.2, 0) is 0 Å². The zero-order valence-electron chi connectivity index (χ0n) is 10.6. The van der Waals surface area contributed by atoms with Crippen molar-refractivity contribution < 1.29 is 35.5 Å². The van der Waals surface area contributed by atoms with E-state index in [0.717, 1.165) is 0 Å². The standard InChI is InChI=1S/C10H16N3O7/c14-10-4-7(11(15)16)1-8(5-10,12(17)18)3-9(2-7,6-10)13(19)20/h14H,1-6H2,(H,15,16)(H,17,18)(H,19,20)/q+3. The van der Waals surface area contributed by atoms with E-state index in [1.165, 1.54) is 0 Å². The average molecular weight is 290 g/mol. The number of rotatable bonds is 3. The summed E-state index contributed by atoms with van der Waals surface area (Å²) in [6.07, 6.45) is -0.908. The highest BCUT2D eigenvalue weighted by atomic mass is 16.6. The largest absolute Gasteiger partial charge is 0.389 e. The monoisotopic (exact) mass is 290 g/mol. The van der Waals surface area contributed by atoms with Crippen LogP contribution < -0.4 is 0 Å². The Morgan fingerprint density at radius 3 is 1.05 bits per heavy atom. The second-order valence-electron chi connectivity index (χ2n) is 6.78. The van der Waals surface area contributed by atoms with E-state index in [2.05, 4.69) is 0 Å². The molecule has 4 saturated carbocycles. The van der Waals surface area contributed by atoms with Crippen molar-refractivity contribution in [1.82, 2.24) is 0 Å². The molecule has 0 saturated heterocycles. The molecule has 10 heteroatoms. The normalized spacial score (nSPS) is 49.0. The van der Waals surface area contributed by atoms with Gasteiger partial charge in [-0.2, -0.15) is 0 Å². The number of hydrogen-bond donors (Lipinski definition) is 4. The lowest BCUT2D eigenvalue weighted by Crippen LogP contribution is -2.77. The summed E-state index contributed by atoms with van der Waals surface area (Å²) in [5.41, 5.74) is -6.28. The van der Waals surface area contributed by atoms with E-state index in [0.29, 0.717) is 0 Å². The lowest BCUT2D eigenvalue weighted by molar-refractivity contribution is -0.914. The molecule has 0 aromatic heterocycles. The molecule has 10 nitrogen and oxygen atoms in total. The first-order chi connectivity index (χ1) is 9.07. The van der Waals surface area contributed by atoms with Crippen molar-refractivity contribution in [2.24, 2.45) is 0 Å². The van der Waals surface area contributed by atoms with Crippen LogP contribution in [0, 0.1) is 14.7 Å². The van der Waals surface area contributed by atoms with Gasteiger partial charge in [0.2, 0.25) is 14.8 Å². The molecule has 4 N–H and O–H groups in total. The lowest BCUT2D eigenvalue weighted by Gasteiger charge is -2.54. The quantitative estimate of drug-likeness (QED) is 0.528. The van der Waals surface area contributed by atoms with Crippen LogP contribution in [0.15, 0.2) is 0 Å². The summed E-state index contributed by atoms with van der Waals surface area (Å²) in [6.45, 7) is 0. The third kappa shape index (κ3) is 1.37. The van der Waals surface area contributed by atoms with E-state index in [4.69, 9.17) is 0 Å². The van der Waals surface area contributed by atoms with E-state index in [1.807, 2.05) is 0 Å². The molecule has 0 aromatic rings. The van der Waals surface area contributed by atoms with Crippen LogP contribution >= 0.6 is 0 Å². The van der Waals surface area contributed by atoms with Gasteiger partial charge in [0, 0.05) is 0 Å². The predicted octanol–water partition coefficient (Wildman–Crippen LogP) is -0.180. The minimum Gasteiger partial charge on any atom is -0.389 e. The topological polar surface area (TPSA) is 141 Å². The summed E-state index contributed by atoms with van der Waals surface area (Å²) < 4.78 is 0. The Balaban J connectivity index is 2.20. The molecule has 0 spiro atoms. The maximum Gasteiger partial charge on any atom is 0.282 e. The van der Waals surface area contributed by atoms with Crippen molar-refractivity contribution in [3.8, 4) is 0 Å². The molecule has 0 radical (unpaired) electrons. The summed E-state index contributed by atoms with van der Waals surface area (Å²) >= 11 is 0. The van der Waals surface area contributed by atoms with Gasteiger partial charge in [0.25, 0.3) is 16.6 Å². The molecule has 0 unspecified atom stereocenters. The van der Waals surface area contributed by atoms with E-state index < -0.39 is 22.2 Å². The molecule has 4 fully saturated rings. The Morgan fingerprint density at radius 2 is 0.850 bits per heavy atom. The van der Waals surface area contributed by atoms with Crippen LogP contribution in [0.4, 0.5) is 0 Å². The number of aliphatic hydroxyl groups is 1. The molecule has 0 atom stereocenters. The maximum absolute atomic E-state index is 11.5. The maximum atomic E-state index is 11.5. The molecular weight excluding hydrogens is 274 g/mol. The molecule has 20 heavy (non-hydrogen) atoms. The predicted molar refractivity (Wildman–Crippen MR) is 57.1 cm³/mol. The van der Waals surface area contributed by atoms with Crippen LogP contribution in [0.5, 0.6) is 0 Å². The minimum atomic E-state index is -1.57. The second-order valence-corrected chi connectivity index (χ2v) is 6.78. The Hall–Kier alpha value is -1.84. The van der Waals surface area contributed by atoms with Gasteiger partial charge in [-0.1, -0.05) is 0 Å². The number of hydrogen-bond acceptors (Lipinski definition) is 4. The average Bonchev–Trinajstić information content (AvgIpc) is 2.24. The van der Waals surface area contributed by atoms with Gasteiger partial charge in [-0.3, -0.25) is 0 Å². The summed E-state index contributed by atoms with van der Waals surface area (Å²) in [6, 6.07) is 0. The van der Waals surface area contributed by atoms with Crippen molar-refractivity contribution >= 4 is 0 Å². The third-order valence-corrected chi connectivity index (χ3v) is 5.17. The fourth-order valence-corrected chi connectivity index (χ4v) is 5.03. The first kappa shape index (κ1) is 13.2. The van der Waals surface area contributed by atoms with Gasteiger partial charge >= 0.3 is 0 Å². The second kappa shape index (κ2) is 3.25. The SMILES string of the molecule is O=[N+](O)C12CC3(O)CC([N+](=O)O)(C1)CC([N+](=O)O)(C3)C2. The van der Waals surface area contributed by atoms with E-state index in [1.54, 1.807) is 0 Å². The first-order valence-corrected chi connectivity index (χ1v) is 6.28. The van der Waals surface area contributed by atoms with Gasteiger partial charge in [-0.15, -0.1) is 0 Å². The van der Waals surface area contributed by atoms with Crippen molar-refractivity contribution in [1.29, 1.82) is 0 Å². The highest BCUT2D eigenvalue weighted by Gasteiger charge is 2.86. The van der Waals surface area contributed by atoms with Crippen LogP contribution in [0.2, 0.25) is 0 Å². The summed E-state index contributed by atoms with van der Waals surface area (Å²) in [5, 5.41) is 38.7. The van der Waals surface area contributed by atoms with Crippen LogP contribution in [0.3, 0.4) is 0 Å². The summed E-state index contributed by atoms with van der Waals surface area (Å²) in [7, 11) is 0. The van der Waals surface area contributed by atoms with E-state index in [9.17, 15) is 35.4 Å². The van der Waals surface area contributed by atoms with Crippen LogP contribution in [0.1, 0.15) is 38.5 Å². The molecule has 0 aromatic carbocycles. The fourth-order valence-electron chi connectivity index (χ4n) is 5.03. The number of nitrogens with zero attached hydrogens (tertiary/aromatic N) is 3. The molecule has 110 valence electrons. The van der Waals surface area contributed by atoms with Crippen LogP contribution in [-0.4, -0.2) is 57.7 Å². The molecule has 0 amide bonds. The molecule has 4 aliphatic carbocycles. The Labute approximate surface area is 112 Å². The smallest absolute Gasteiger partial charge is 0.282 e. The van der Waals surface area contributed by atoms with Crippen LogP contribution in [0.25, 0.3) is 0 Å². The van der Waals surface area contributed by atoms with Crippen molar-refractivity contribution in [2.75, 3.05) is 0 Å². The van der Waals surface area contributed by atoms with Crippen molar-refractivity contribution in [2.45, 2.75) is 60.7 Å². The van der Waals surface area contributed by atoms with Gasteiger partial charge in [0.1, 0.15) is 0 Å². The van der Waals surface area contributed by atoms with Gasteiger partial charge < -0.3 is 5.11 Å². The molecule has 4 rings (SSSR count). The summed E-state index contributed by atoms with van der Waals surface area (Å²) in [4.78, 5) is 33.5. The molecule has 4 aliphatic rings. The van der Waals surface area contributed by atoms with Gasteiger partial charge in [0.15, 0.2) is 0 Å². The lowest BCUT2D eigenvalue weighted by atomic mass is 9.45. The Morgan fingerprint density at radius 1 is 0.600 bits per heavy atom. The molecule has 0 aliphatic heterocycles. The fraction of sp³-hybridized carbons (Fsp3) is 1.00. The molecule has 4 bridgehead atoms. The summed E-state index contributed by atoms with van der Waals surface area (Å²) in [5.74, 6) is 0. The zero-order chi connectivity index (χ0) is 15.0. The first-order valence-electron chi connectivity index (χ1n) is 6.28. The van der Waals surface area contributed by atoms with Gasteiger partial charge in [-0.25, -0.2) is 15.6 Å². The van der Waals surface area contributed by atoms with E-state index in [-0.39, 0.29) is 53.3 Å². The third-order valence-electron chi connectivity index (χ3n) is 5.17. The van der Waals surface area contributed by atoms with Crippen molar-refractivity contribution in [3.05, 3.63) is 14.7 Å². The zero-order valence-corrected chi connectivity index (χ0v) is 10.6. The van der Waals surface area contributed by atoms with Gasteiger partial charge in [0.05, 0.1) is 58.8 Å².